The lowest BCUT2D eigenvalue weighted by Gasteiger charge is -2.36. The van der Waals surface area contributed by atoms with E-state index in [1.807, 2.05) is 12.1 Å². The van der Waals surface area contributed by atoms with Gasteiger partial charge in [-0.15, -0.1) is 0 Å². The number of hydrogen-bond acceptors (Lipinski definition) is 5. The van der Waals surface area contributed by atoms with Crippen molar-refractivity contribution >= 4 is 5.97 Å². The average molecular weight is 320 g/mol. The first-order valence-electron chi connectivity index (χ1n) is 8.32. The molecule has 1 heterocycles. The van der Waals surface area contributed by atoms with Crippen molar-refractivity contribution in [3.8, 4) is 11.5 Å². The van der Waals surface area contributed by atoms with E-state index in [9.17, 15) is 4.79 Å². The van der Waals surface area contributed by atoms with E-state index >= 15 is 0 Å². The fourth-order valence-corrected chi connectivity index (χ4v) is 3.07. The number of nitrogens with zero attached hydrogens (tertiary/aromatic N) is 1. The van der Waals surface area contributed by atoms with Crippen LogP contribution in [0.15, 0.2) is 18.2 Å². The summed E-state index contributed by atoms with van der Waals surface area (Å²) in [6, 6.07) is 6.26. The summed E-state index contributed by atoms with van der Waals surface area (Å²) in [4.78, 5) is 13.7. The van der Waals surface area contributed by atoms with Gasteiger partial charge in [0.1, 0.15) is 0 Å². The highest BCUT2D eigenvalue weighted by atomic mass is 16.6. The van der Waals surface area contributed by atoms with Crippen LogP contribution in [0.2, 0.25) is 0 Å². The van der Waals surface area contributed by atoms with Crippen LogP contribution in [0.4, 0.5) is 0 Å². The molecular formula is C18H28N2O3. The number of benzene rings is 1. The fourth-order valence-electron chi connectivity index (χ4n) is 3.07. The van der Waals surface area contributed by atoms with E-state index in [1.54, 1.807) is 7.11 Å². The Labute approximate surface area is 139 Å². The Hall–Kier alpha value is -1.59. The van der Waals surface area contributed by atoms with Gasteiger partial charge in [-0.2, -0.15) is 0 Å². The first-order chi connectivity index (χ1) is 11.0. The van der Waals surface area contributed by atoms with Crippen LogP contribution in [0.3, 0.4) is 0 Å². The Kier molecular flexibility index (Phi) is 6.42. The Morgan fingerprint density at radius 2 is 1.96 bits per heavy atom. The van der Waals surface area contributed by atoms with Crippen molar-refractivity contribution in [2.45, 2.75) is 33.2 Å². The van der Waals surface area contributed by atoms with Gasteiger partial charge in [-0.3, -0.25) is 9.69 Å². The predicted octanol–water partition coefficient (Wildman–Crippen LogP) is 2.61. The number of methoxy groups -OCH3 is 1. The molecule has 0 spiro atoms. The van der Waals surface area contributed by atoms with Gasteiger partial charge < -0.3 is 14.8 Å². The number of nitrogens with one attached hydrogen (secondary N) is 1. The van der Waals surface area contributed by atoms with Crippen molar-refractivity contribution < 1.29 is 14.3 Å². The maximum absolute atomic E-state index is 11.2. The molecule has 0 amide bonds. The first kappa shape index (κ1) is 17.8. The highest BCUT2D eigenvalue weighted by molar-refractivity contribution is 5.70. The molecule has 1 atom stereocenters. The number of piperazine rings is 1. The summed E-state index contributed by atoms with van der Waals surface area (Å²) < 4.78 is 10.6. The molecule has 1 aliphatic heterocycles. The molecule has 0 unspecified atom stereocenters. The van der Waals surface area contributed by atoms with E-state index in [2.05, 4.69) is 30.1 Å². The number of carbonyl (C=O) groups is 1. The van der Waals surface area contributed by atoms with Gasteiger partial charge in [-0.1, -0.05) is 19.9 Å². The van der Waals surface area contributed by atoms with E-state index in [1.165, 1.54) is 12.5 Å². The van der Waals surface area contributed by atoms with Crippen molar-refractivity contribution in [1.82, 2.24) is 10.2 Å². The summed E-state index contributed by atoms with van der Waals surface area (Å²) in [6.45, 7) is 10.0. The van der Waals surface area contributed by atoms with Crippen LogP contribution < -0.4 is 14.8 Å². The summed E-state index contributed by atoms with van der Waals surface area (Å²) in [5.41, 5.74) is 1.22. The van der Waals surface area contributed by atoms with Crippen LogP contribution in [0.5, 0.6) is 11.5 Å². The molecule has 0 aliphatic carbocycles. The van der Waals surface area contributed by atoms with Gasteiger partial charge in [0, 0.05) is 39.1 Å². The summed E-state index contributed by atoms with van der Waals surface area (Å²) in [7, 11) is 1.61. The van der Waals surface area contributed by atoms with E-state index in [0.717, 1.165) is 32.6 Å². The summed E-state index contributed by atoms with van der Waals surface area (Å²) >= 11 is 0. The lowest BCUT2D eigenvalue weighted by Crippen LogP contribution is -2.45. The van der Waals surface area contributed by atoms with Crippen molar-refractivity contribution in [2.75, 3.05) is 33.3 Å². The van der Waals surface area contributed by atoms with Gasteiger partial charge in [0.05, 0.1) is 7.11 Å². The van der Waals surface area contributed by atoms with Gasteiger partial charge in [0.2, 0.25) is 0 Å². The summed E-state index contributed by atoms with van der Waals surface area (Å²) in [6.07, 6.45) is 1.09. The Balaban J connectivity index is 2.27. The molecule has 1 fully saturated rings. The van der Waals surface area contributed by atoms with Gasteiger partial charge in [-0.25, -0.2) is 0 Å². The zero-order valence-electron chi connectivity index (χ0n) is 14.6. The van der Waals surface area contributed by atoms with Crippen LogP contribution in [-0.4, -0.2) is 44.2 Å². The lowest BCUT2D eigenvalue weighted by molar-refractivity contribution is -0.132. The highest BCUT2D eigenvalue weighted by Crippen LogP contribution is 2.35. The van der Waals surface area contributed by atoms with Crippen molar-refractivity contribution in [3.63, 3.8) is 0 Å². The van der Waals surface area contributed by atoms with Crippen molar-refractivity contribution in [1.29, 1.82) is 0 Å². The maximum atomic E-state index is 11.2. The SMILES string of the molecule is COc1cc([C@@H](CC(C)C)N2CCNCC2)ccc1OC(C)=O. The van der Waals surface area contributed by atoms with Gasteiger partial charge in [-0.05, 0) is 30.0 Å². The molecule has 5 nitrogen and oxygen atoms in total. The second kappa shape index (κ2) is 8.31. The van der Waals surface area contributed by atoms with Crippen LogP contribution in [0, 0.1) is 5.92 Å². The molecule has 128 valence electrons. The van der Waals surface area contributed by atoms with Crippen molar-refractivity contribution in [3.05, 3.63) is 23.8 Å². The molecule has 0 saturated carbocycles. The molecule has 0 bridgehead atoms. The zero-order chi connectivity index (χ0) is 16.8. The molecule has 1 aromatic rings. The number of ether oxygens (including phenoxy) is 2. The molecule has 1 N–H and O–H groups in total. The third-order valence-corrected chi connectivity index (χ3v) is 4.11. The zero-order valence-corrected chi connectivity index (χ0v) is 14.6. The number of esters is 1. The van der Waals surface area contributed by atoms with Gasteiger partial charge in [0.15, 0.2) is 11.5 Å². The molecule has 0 aromatic heterocycles. The Bertz CT molecular complexity index is 525. The monoisotopic (exact) mass is 320 g/mol. The second-order valence-corrected chi connectivity index (χ2v) is 6.44. The van der Waals surface area contributed by atoms with E-state index < -0.39 is 0 Å². The van der Waals surface area contributed by atoms with E-state index in [-0.39, 0.29) is 5.97 Å². The third kappa shape index (κ3) is 4.94. The molecular weight excluding hydrogens is 292 g/mol. The van der Waals surface area contributed by atoms with Gasteiger partial charge in [0.25, 0.3) is 0 Å². The molecule has 1 aromatic carbocycles. The summed E-state index contributed by atoms with van der Waals surface area (Å²) in [5.74, 6) is 1.36. The number of rotatable bonds is 6. The van der Waals surface area contributed by atoms with E-state index in [0.29, 0.717) is 23.5 Å². The molecule has 1 aliphatic rings. The third-order valence-electron chi connectivity index (χ3n) is 4.11. The van der Waals surface area contributed by atoms with E-state index in [4.69, 9.17) is 9.47 Å². The van der Waals surface area contributed by atoms with Gasteiger partial charge >= 0.3 is 5.97 Å². The Morgan fingerprint density at radius 1 is 1.26 bits per heavy atom. The van der Waals surface area contributed by atoms with Crippen LogP contribution >= 0.6 is 0 Å². The first-order valence-corrected chi connectivity index (χ1v) is 8.32. The molecule has 23 heavy (non-hydrogen) atoms. The molecule has 2 rings (SSSR count). The maximum Gasteiger partial charge on any atom is 0.308 e. The second-order valence-electron chi connectivity index (χ2n) is 6.44. The average Bonchev–Trinajstić information content (AvgIpc) is 2.53. The fraction of sp³-hybridized carbons (Fsp3) is 0.611. The number of carbonyl (C=O) groups excluding carboxylic acids is 1. The highest BCUT2D eigenvalue weighted by Gasteiger charge is 2.24. The molecule has 0 radical (unpaired) electrons. The van der Waals surface area contributed by atoms with Crippen molar-refractivity contribution in [2.24, 2.45) is 5.92 Å². The summed E-state index contributed by atoms with van der Waals surface area (Å²) in [5, 5.41) is 3.40. The quantitative estimate of drug-likeness (QED) is 0.645. The molecule has 5 heteroatoms. The Morgan fingerprint density at radius 3 is 2.52 bits per heavy atom. The minimum Gasteiger partial charge on any atom is -0.493 e. The minimum atomic E-state index is -0.336. The number of hydrogen-bond donors (Lipinski definition) is 1. The van der Waals surface area contributed by atoms with Crippen LogP contribution in [0.1, 0.15) is 38.8 Å². The standard InChI is InChI=1S/C18H28N2O3/c1-13(2)11-16(20-9-7-19-8-10-20)15-5-6-17(23-14(3)21)18(12-15)22-4/h5-6,12-13,16,19H,7-11H2,1-4H3/t16-/m1/s1. The minimum absolute atomic E-state index is 0.336. The van der Waals surface area contributed by atoms with Crippen LogP contribution in [0.25, 0.3) is 0 Å². The topological polar surface area (TPSA) is 50.8 Å². The van der Waals surface area contributed by atoms with Crippen LogP contribution in [-0.2, 0) is 4.79 Å². The normalized spacial score (nSPS) is 17.1. The smallest absolute Gasteiger partial charge is 0.308 e. The largest absolute Gasteiger partial charge is 0.493 e. The lowest BCUT2D eigenvalue weighted by atomic mass is 9.94. The predicted molar refractivity (Wildman–Crippen MR) is 90.9 cm³/mol. The molecule has 1 saturated heterocycles.